The number of morpholine rings is 1. The second kappa shape index (κ2) is 5.58. The topological polar surface area (TPSA) is 49.1 Å². The molecule has 0 amide bonds. The number of nitrogens with zero attached hydrogens (tertiary/aromatic N) is 3. The van der Waals surface area contributed by atoms with Crippen LogP contribution in [0.1, 0.15) is 30.7 Å². The lowest BCUT2D eigenvalue weighted by molar-refractivity contribution is -0.0403. The van der Waals surface area contributed by atoms with E-state index in [9.17, 15) is 0 Å². The van der Waals surface area contributed by atoms with Crippen LogP contribution >= 0.6 is 11.3 Å². The van der Waals surface area contributed by atoms with Gasteiger partial charge in [0.25, 0.3) is 0 Å². The predicted octanol–water partition coefficient (Wildman–Crippen LogP) is 1.99. The number of ether oxygens (including phenoxy) is 1. The summed E-state index contributed by atoms with van der Waals surface area (Å²) in [4.78, 5) is 6.86. The molecule has 0 N–H and O–H groups in total. The van der Waals surface area contributed by atoms with Crippen LogP contribution in [-0.2, 0) is 11.2 Å². The Labute approximate surface area is 106 Å². The van der Waals surface area contributed by atoms with Gasteiger partial charge < -0.3 is 4.74 Å². The van der Waals surface area contributed by atoms with E-state index in [1.165, 1.54) is 0 Å². The molecule has 92 valence electrons. The molecule has 1 aliphatic heterocycles. The Hall–Kier alpha value is -0.960. The molecule has 17 heavy (non-hydrogen) atoms. The van der Waals surface area contributed by atoms with Gasteiger partial charge in [-0.25, -0.2) is 4.98 Å². The Kier molecular flexibility index (Phi) is 4.11. The molecule has 5 heteroatoms. The van der Waals surface area contributed by atoms with Gasteiger partial charge in [0.1, 0.15) is 11.1 Å². The third-order valence-corrected chi connectivity index (χ3v) is 3.92. The summed E-state index contributed by atoms with van der Waals surface area (Å²) in [5, 5.41) is 11.6. The van der Waals surface area contributed by atoms with Crippen molar-refractivity contribution < 1.29 is 4.74 Å². The van der Waals surface area contributed by atoms with Gasteiger partial charge in [-0.1, -0.05) is 0 Å². The lowest BCUT2D eigenvalue weighted by atomic mass is 10.2. The zero-order chi connectivity index (χ0) is 12.3. The van der Waals surface area contributed by atoms with Gasteiger partial charge >= 0.3 is 0 Å². The van der Waals surface area contributed by atoms with Crippen molar-refractivity contribution in [2.45, 2.75) is 32.4 Å². The van der Waals surface area contributed by atoms with E-state index < -0.39 is 0 Å². The van der Waals surface area contributed by atoms with E-state index in [0.717, 1.165) is 30.4 Å². The van der Waals surface area contributed by atoms with Gasteiger partial charge in [0.15, 0.2) is 0 Å². The molecule has 0 bridgehead atoms. The first-order valence-corrected chi connectivity index (χ1v) is 6.75. The Morgan fingerprint density at radius 1 is 1.71 bits per heavy atom. The molecule has 1 atom stereocenters. The smallest absolute Gasteiger partial charge is 0.123 e. The third kappa shape index (κ3) is 3.03. The van der Waals surface area contributed by atoms with E-state index in [2.05, 4.69) is 29.8 Å². The van der Waals surface area contributed by atoms with Crippen LogP contribution in [0.2, 0.25) is 0 Å². The van der Waals surface area contributed by atoms with E-state index in [1.54, 1.807) is 11.3 Å². The van der Waals surface area contributed by atoms with E-state index in [-0.39, 0.29) is 6.10 Å². The lowest BCUT2D eigenvalue weighted by Crippen LogP contribution is -2.42. The van der Waals surface area contributed by atoms with Gasteiger partial charge in [-0.15, -0.1) is 11.3 Å². The minimum absolute atomic E-state index is 0.0728. The highest BCUT2D eigenvalue weighted by Gasteiger charge is 2.25. The Bertz CT molecular complexity index is 410. The normalized spacial score (nSPS) is 21.6. The molecule has 4 nitrogen and oxygen atoms in total. The van der Waals surface area contributed by atoms with Crippen molar-refractivity contribution in [3.05, 3.63) is 16.1 Å². The van der Waals surface area contributed by atoms with Crippen molar-refractivity contribution in [3.63, 3.8) is 0 Å². The largest absolute Gasteiger partial charge is 0.368 e. The second-order valence-corrected chi connectivity index (χ2v) is 5.35. The SMILES string of the molecule is CC(C)N1CCOC(c2nc(CC#N)cs2)C1. The maximum atomic E-state index is 8.63. The molecule has 2 rings (SSSR count). The number of rotatable bonds is 3. The van der Waals surface area contributed by atoms with Crippen molar-refractivity contribution in [2.75, 3.05) is 19.7 Å². The van der Waals surface area contributed by atoms with E-state index in [1.807, 2.05) is 5.38 Å². The summed E-state index contributed by atoms with van der Waals surface area (Å²) in [7, 11) is 0. The second-order valence-electron chi connectivity index (χ2n) is 4.46. The minimum Gasteiger partial charge on any atom is -0.368 e. The van der Waals surface area contributed by atoms with Crippen LogP contribution in [0.5, 0.6) is 0 Å². The minimum atomic E-state index is 0.0728. The van der Waals surface area contributed by atoms with Crippen molar-refractivity contribution >= 4 is 11.3 Å². The number of nitriles is 1. The Morgan fingerprint density at radius 3 is 3.24 bits per heavy atom. The lowest BCUT2D eigenvalue weighted by Gasteiger charge is -2.34. The molecule has 2 heterocycles. The average Bonchev–Trinajstić information content (AvgIpc) is 2.78. The van der Waals surface area contributed by atoms with Crippen LogP contribution in [-0.4, -0.2) is 35.6 Å². The maximum Gasteiger partial charge on any atom is 0.123 e. The first-order valence-electron chi connectivity index (χ1n) is 5.87. The molecule has 1 fully saturated rings. The van der Waals surface area contributed by atoms with Gasteiger partial charge in [-0.05, 0) is 13.8 Å². The zero-order valence-corrected chi connectivity index (χ0v) is 11.0. The molecule has 1 saturated heterocycles. The molecule has 1 aliphatic rings. The van der Waals surface area contributed by atoms with Gasteiger partial charge in [-0.2, -0.15) is 5.26 Å². The van der Waals surface area contributed by atoms with E-state index >= 15 is 0 Å². The zero-order valence-electron chi connectivity index (χ0n) is 10.2. The molecule has 1 unspecified atom stereocenters. The third-order valence-electron chi connectivity index (χ3n) is 2.93. The van der Waals surface area contributed by atoms with Crippen LogP contribution in [0.3, 0.4) is 0 Å². The number of hydrogen-bond donors (Lipinski definition) is 0. The summed E-state index contributed by atoms with van der Waals surface area (Å²) in [6.45, 7) is 7.05. The fraction of sp³-hybridized carbons (Fsp3) is 0.667. The Morgan fingerprint density at radius 2 is 2.53 bits per heavy atom. The highest BCUT2D eigenvalue weighted by Crippen LogP contribution is 2.26. The highest BCUT2D eigenvalue weighted by atomic mass is 32.1. The first kappa shape index (κ1) is 12.5. The monoisotopic (exact) mass is 251 g/mol. The summed E-state index contributed by atoms with van der Waals surface area (Å²) in [6, 6.07) is 2.66. The fourth-order valence-electron chi connectivity index (χ4n) is 1.92. The fourth-order valence-corrected chi connectivity index (χ4v) is 2.78. The van der Waals surface area contributed by atoms with Crippen LogP contribution in [0.15, 0.2) is 5.38 Å². The van der Waals surface area contributed by atoms with Gasteiger partial charge in [0, 0.05) is 24.5 Å². The molecule has 0 saturated carbocycles. The van der Waals surface area contributed by atoms with Crippen LogP contribution < -0.4 is 0 Å². The molecule has 1 aromatic heterocycles. The highest BCUT2D eigenvalue weighted by molar-refractivity contribution is 7.09. The van der Waals surface area contributed by atoms with Crippen molar-refractivity contribution in [1.29, 1.82) is 5.26 Å². The average molecular weight is 251 g/mol. The molecule has 0 radical (unpaired) electrons. The molecular formula is C12H17N3OS. The summed E-state index contributed by atoms with van der Waals surface area (Å²) in [5.74, 6) is 0. The summed E-state index contributed by atoms with van der Waals surface area (Å²) in [6.07, 6.45) is 0.459. The van der Waals surface area contributed by atoms with E-state index in [4.69, 9.17) is 10.00 Å². The summed E-state index contributed by atoms with van der Waals surface area (Å²) in [5.41, 5.74) is 0.859. The molecule has 0 aliphatic carbocycles. The predicted molar refractivity (Wildman–Crippen MR) is 66.8 cm³/mol. The van der Waals surface area contributed by atoms with Crippen molar-refractivity contribution in [3.8, 4) is 6.07 Å². The summed E-state index contributed by atoms with van der Waals surface area (Å²) >= 11 is 1.60. The van der Waals surface area contributed by atoms with E-state index in [0.29, 0.717) is 12.5 Å². The van der Waals surface area contributed by atoms with Gasteiger partial charge in [-0.3, -0.25) is 4.90 Å². The molecular weight excluding hydrogens is 234 g/mol. The maximum absolute atomic E-state index is 8.63. The number of aromatic nitrogens is 1. The quantitative estimate of drug-likeness (QED) is 0.824. The van der Waals surface area contributed by atoms with Crippen LogP contribution in [0.4, 0.5) is 0 Å². The number of hydrogen-bond acceptors (Lipinski definition) is 5. The van der Waals surface area contributed by atoms with Gasteiger partial charge in [0.05, 0.1) is 24.8 Å². The Balaban J connectivity index is 2.03. The molecule has 1 aromatic rings. The summed E-state index contributed by atoms with van der Waals surface area (Å²) < 4.78 is 5.76. The van der Waals surface area contributed by atoms with Gasteiger partial charge in [0.2, 0.25) is 0 Å². The standard InChI is InChI=1S/C12H17N3OS/c1-9(2)15-5-6-16-11(7-15)12-14-10(3-4-13)8-17-12/h8-9,11H,3,5-7H2,1-2H3. The van der Waals surface area contributed by atoms with Crippen LogP contribution in [0, 0.1) is 11.3 Å². The number of thiazole rings is 1. The van der Waals surface area contributed by atoms with Crippen molar-refractivity contribution in [1.82, 2.24) is 9.88 Å². The first-order chi connectivity index (χ1) is 8.20. The van der Waals surface area contributed by atoms with Crippen LogP contribution in [0.25, 0.3) is 0 Å². The van der Waals surface area contributed by atoms with Crippen molar-refractivity contribution in [2.24, 2.45) is 0 Å². The molecule has 0 aromatic carbocycles. The molecule has 0 spiro atoms.